The van der Waals surface area contributed by atoms with Gasteiger partial charge >= 0.3 is 0 Å². The summed E-state index contributed by atoms with van der Waals surface area (Å²) in [6, 6.07) is 0. The van der Waals surface area contributed by atoms with Gasteiger partial charge in [-0.2, -0.15) is 0 Å². The summed E-state index contributed by atoms with van der Waals surface area (Å²) >= 11 is 19.3. The van der Waals surface area contributed by atoms with Crippen LogP contribution in [0.1, 0.15) is 0 Å². The molecule has 0 unspecified atom stereocenters. The Morgan fingerprint density at radius 3 is 1.00 bits per heavy atom. The van der Waals surface area contributed by atoms with Crippen LogP contribution in [0.3, 0.4) is 0 Å². The molecule has 0 aromatic carbocycles. The van der Waals surface area contributed by atoms with Crippen molar-refractivity contribution in [3.8, 4) is 0 Å². The lowest BCUT2D eigenvalue weighted by molar-refractivity contribution is 0.186. The Kier molecular flexibility index (Phi) is 10.2. The van der Waals surface area contributed by atoms with E-state index in [0.29, 0.717) is 0 Å². The van der Waals surface area contributed by atoms with Gasteiger partial charge in [0, 0.05) is 0 Å². The summed E-state index contributed by atoms with van der Waals surface area (Å²) in [6.07, 6.45) is 0. The molecule has 0 atom stereocenters. The fraction of sp³-hybridized carbons (Fsp3) is 1.00. The van der Waals surface area contributed by atoms with Gasteiger partial charge in [-0.15, -0.1) is 0 Å². The summed E-state index contributed by atoms with van der Waals surface area (Å²) < 4.78 is -1.61. The lowest BCUT2D eigenvalue weighted by Crippen LogP contribution is -1.85. The molecule has 0 aliphatic rings. The average Bonchev–Trinajstić information content (AvgIpc) is 1.61. The summed E-state index contributed by atoms with van der Waals surface area (Å²) in [5, 5.41) is 15.2. The Balaban J connectivity index is 0. The first-order chi connectivity index (χ1) is 3.91. The molecule has 0 spiro atoms. The molecule has 0 aliphatic heterocycles. The summed E-state index contributed by atoms with van der Waals surface area (Å²) in [5.74, 6) is 0. The molecule has 0 fully saturated rings. The third kappa shape index (κ3) is 105. The molecule has 0 amide bonds. The SMILES string of the molecule is ClC(Cl)(Cl)Cl.OCCO. The minimum Gasteiger partial charge on any atom is -0.394 e. The van der Waals surface area contributed by atoms with Crippen LogP contribution in [0.15, 0.2) is 0 Å². The molecule has 0 bridgehead atoms. The lowest BCUT2D eigenvalue weighted by atomic mass is 10.8. The molecular formula is C3H6Cl4O2. The smallest absolute Gasteiger partial charge is 0.266 e. The molecule has 58 valence electrons. The second kappa shape index (κ2) is 7.19. The van der Waals surface area contributed by atoms with Gasteiger partial charge in [-0.1, -0.05) is 46.4 Å². The monoisotopic (exact) mass is 214 g/mol. The van der Waals surface area contributed by atoms with E-state index in [0.717, 1.165) is 0 Å². The average molecular weight is 216 g/mol. The number of alkyl halides is 4. The van der Waals surface area contributed by atoms with Crippen molar-refractivity contribution >= 4 is 46.4 Å². The Hall–Kier alpha value is 1.08. The Labute approximate surface area is 73.3 Å². The van der Waals surface area contributed by atoms with Gasteiger partial charge in [0.2, 0.25) is 0 Å². The van der Waals surface area contributed by atoms with Gasteiger partial charge in [0.25, 0.3) is 3.25 Å². The zero-order valence-electron chi connectivity index (χ0n) is 4.32. The third-order valence-corrected chi connectivity index (χ3v) is 0.1000. The van der Waals surface area contributed by atoms with Crippen molar-refractivity contribution in [2.24, 2.45) is 0 Å². The standard InChI is InChI=1S/C2H6O2.CCl4/c3-1-2-4;2-1(3,4)5/h3-4H,1-2H2;. The molecule has 9 heavy (non-hydrogen) atoms. The number of aliphatic hydroxyl groups is 2. The Morgan fingerprint density at radius 1 is 0.889 bits per heavy atom. The van der Waals surface area contributed by atoms with Gasteiger partial charge < -0.3 is 10.2 Å². The van der Waals surface area contributed by atoms with Crippen molar-refractivity contribution < 1.29 is 10.2 Å². The van der Waals surface area contributed by atoms with Crippen molar-refractivity contribution in [2.75, 3.05) is 13.2 Å². The van der Waals surface area contributed by atoms with E-state index >= 15 is 0 Å². The highest BCUT2D eigenvalue weighted by atomic mass is 35.6. The first kappa shape index (κ1) is 12.7. The zero-order valence-corrected chi connectivity index (χ0v) is 7.34. The molecule has 2 N–H and O–H groups in total. The van der Waals surface area contributed by atoms with Gasteiger partial charge in [0.05, 0.1) is 13.2 Å². The third-order valence-electron chi connectivity index (χ3n) is 0.1000. The molecule has 6 heteroatoms. The van der Waals surface area contributed by atoms with E-state index in [9.17, 15) is 0 Å². The van der Waals surface area contributed by atoms with E-state index in [2.05, 4.69) is 0 Å². The van der Waals surface area contributed by atoms with Crippen molar-refractivity contribution in [3.05, 3.63) is 0 Å². The molecule has 0 saturated heterocycles. The molecule has 0 heterocycles. The summed E-state index contributed by atoms with van der Waals surface area (Å²) in [6.45, 7) is -0.250. The van der Waals surface area contributed by atoms with Crippen LogP contribution in [0.2, 0.25) is 0 Å². The molecule has 0 aliphatic carbocycles. The zero-order chi connectivity index (χ0) is 7.91. The largest absolute Gasteiger partial charge is 0.394 e. The van der Waals surface area contributed by atoms with E-state index < -0.39 is 3.25 Å². The fourth-order valence-corrected chi connectivity index (χ4v) is 0. The van der Waals surface area contributed by atoms with Gasteiger partial charge in [0.15, 0.2) is 0 Å². The Morgan fingerprint density at radius 2 is 1.00 bits per heavy atom. The molecule has 0 radical (unpaired) electrons. The van der Waals surface area contributed by atoms with Crippen molar-refractivity contribution in [3.63, 3.8) is 0 Å². The number of aliphatic hydroxyl groups excluding tert-OH is 2. The summed E-state index contributed by atoms with van der Waals surface area (Å²) in [5.41, 5.74) is 0. The van der Waals surface area contributed by atoms with Crippen LogP contribution in [0.25, 0.3) is 0 Å². The van der Waals surface area contributed by atoms with Gasteiger partial charge in [-0.3, -0.25) is 0 Å². The topological polar surface area (TPSA) is 40.5 Å². The van der Waals surface area contributed by atoms with E-state index in [1.807, 2.05) is 0 Å². The van der Waals surface area contributed by atoms with Crippen LogP contribution in [-0.2, 0) is 0 Å². The molecule has 2 nitrogen and oxygen atoms in total. The maximum atomic E-state index is 7.62. The van der Waals surface area contributed by atoms with E-state index in [1.165, 1.54) is 0 Å². The maximum Gasteiger partial charge on any atom is 0.266 e. The molecular weight excluding hydrogens is 210 g/mol. The van der Waals surface area contributed by atoms with Crippen molar-refractivity contribution in [1.29, 1.82) is 0 Å². The van der Waals surface area contributed by atoms with Crippen LogP contribution in [0.5, 0.6) is 0 Å². The minimum atomic E-state index is -1.61. The van der Waals surface area contributed by atoms with Crippen LogP contribution >= 0.6 is 46.4 Å². The number of hydrogen-bond acceptors (Lipinski definition) is 2. The highest BCUT2D eigenvalue weighted by Gasteiger charge is 2.11. The number of rotatable bonds is 1. The molecule has 0 aromatic rings. The first-order valence-corrected chi connectivity index (χ1v) is 3.40. The van der Waals surface area contributed by atoms with Gasteiger partial charge in [0.1, 0.15) is 0 Å². The molecule has 0 aromatic heterocycles. The predicted molar refractivity (Wildman–Crippen MR) is 40.3 cm³/mol. The molecule has 0 rings (SSSR count). The van der Waals surface area contributed by atoms with Crippen LogP contribution in [0.4, 0.5) is 0 Å². The van der Waals surface area contributed by atoms with E-state index in [4.69, 9.17) is 56.6 Å². The molecule has 0 saturated carbocycles. The van der Waals surface area contributed by atoms with E-state index in [1.54, 1.807) is 0 Å². The van der Waals surface area contributed by atoms with Gasteiger partial charge in [-0.05, 0) is 0 Å². The number of halogens is 4. The van der Waals surface area contributed by atoms with Crippen LogP contribution in [-0.4, -0.2) is 26.7 Å². The first-order valence-electron chi connectivity index (χ1n) is 1.89. The normalized spacial score (nSPS) is 10.0. The number of hydrogen-bond donors (Lipinski definition) is 2. The maximum absolute atomic E-state index is 7.62. The fourth-order valence-electron chi connectivity index (χ4n) is 0. The highest BCUT2D eigenvalue weighted by molar-refractivity contribution is 6.83. The summed E-state index contributed by atoms with van der Waals surface area (Å²) in [4.78, 5) is 0. The Bertz CT molecular complexity index is 44.3. The lowest BCUT2D eigenvalue weighted by Gasteiger charge is -1.91. The summed E-state index contributed by atoms with van der Waals surface area (Å²) in [7, 11) is 0. The minimum absolute atomic E-state index is 0.125. The van der Waals surface area contributed by atoms with Crippen LogP contribution in [0, 0.1) is 0 Å². The second-order valence-corrected chi connectivity index (χ2v) is 4.30. The van der Waals surface area contributed by atoms with E-state index in [-0.39, 0.29) is 13.2 Å². The highest BCUT2D eigenvalue weighted by Crippen LogP contribution is 2.29. The quantitative estimate of drug-likeness (QED) is 0.652. The van der Waals surface area contributed by atoms with Crippen LogP contribution < -0.4 is 0 Å². The van der Waals surface area contributed by atoms with Gasteiger partial charge in [-0.25, -0.2) is 0 Å². The second-order valence-electron chi connectivity index (χ2n) is 0.876. The van der Waals surface area contributed by atoms with Crippen molar-refractivity contribution in [2.45, 2.75) is 3.25 Å². The van der Waals surface area contributed by atoms with Crippen molar-refractivity contribution in [1.82, 2.24) is 0 Å². The predicted octanol–water partition coefficient (Wildman–Crippen LogP) is 1.52.